The molecule has 0 atom stereocenters. The van der Waals surface area contributed by atoms with Crippen LogP contribution in [-0.4, -0.2) is 42.2 Å². The fourth-order valence-corrected chi connectivity index (χ4v) is 3.04. The van der Waals surface area contributed by atoms with E-state index in [0.29, 0.717) is 43.6 Å². The number of rotatable bonds is 2. The number of anilines is 1. The molecule has 1 aromatic carbocycles. The molecule has 0 aromatic heterocycles. The number of amides is 1. The molecular weight excluding hydrogens is 311 g/mol. The highest BCUT2D eigenvalue weighted by molar-refractivity contribution is 6.04. The second-order valence-corrected chi connectivity index (χ2v) is 5.87. The fraction of sp³-hybridized carbons (Fsp3) is 0.412. The Hall–Kier alpha value is -2.75. The number of nitrogens with zero attached hydrogens (tertiary/aromatic N) is 2. The highest BCUT2D eigenvalue weighted by Gasteiger charge is 2.39. The Morgan fingerprint density at radius 1 is 1.50 bits per heavy atom. The first kappa shape index (κ1) is 16.1. The van der Waals surface area contributed by atoms with Gasteiger partial charge < -0.3 is 20.7 Å². The summed E-state index contributed by atoms with van der Waals surface area (Å²) in [6.07, 6.45) is 6.28. The summed E-state index contributed by atoms with van der Waals surface area (Å²) in [5.74, 6) is 2.21. The summed E-state index contributed by atoms with van der Waals surface area (Å²) in [5, 5.41) is 3.28. The van der Waals surface area contributed by atoms with Gasteiger partial charge in [-0.25, -0.2) is 14.2 Å². The van der Waals surface area contributed by atoms with Gasteiger partial charge in [0.2, 0.25) is 0 Å². The third kappa shape index (κ3) is 3.00. The zero-order chi connectivity index (χ0) is 17.2. The third-order valence-electron chi connectivity index (χ3n) is 4.29. The van der Waals surface area contributed by atoms with E-state index in [4.69, 9.17) is 16.9 Å². The highest BCUT2D eigenvalue weighted by Crippen LogP contribution is 2.35. The Balaban J connectivity index is 1.68. The summed E-state index contributed by atoms with van der Waals surface area (Å²) < 4.78 is 19.0. The van der Waals surface area contributed by atoms with E-state index in [1.165, 1.54) is 6.07 Å². The number of ether oxygens (including phenoxy) is 1. The molecule has 3 N–H and O–H groups in total. The number of benzene rings is 1. The molecule has 1 aromatic rings. The molecule has 6 nitrogen and oxygen atoms in total. The van der Waals surface area contributed by atoms with Crippen molar-refractivity contribution in [1.82, 2.24) is 4.90 Å². The summed E-state index contributed by atoms with van der Waals surface area (Å²) in [5.41, 5.74) is 6.30. The maximum absolute atomic E-state index is 13.9. The number of hydrogen-bond donors (Lipinski definition) is 2. The van der Waals surface area contributed by atoms with Gasteiger partial charge in [-0.05, 0) is 12.1 Å². The summed E-state index contributed by atoms with van der Waals surface area (Å²) in [4.78, 5) is 18.1. The van der Waals surface area contributed by atoms with Crippen LogP contribution in [0.25, 0.3) is 0 Å². The van der Waals surface area contributed by atoms with Crippen LogP contribution in [0, 0.1) is 18.2 Å². The van der Waals surface area contributed by atoms with Crippen LogP contribution in [0.3, 0.4) is 0 Å². The first-order valence-electron chi connectivity index (χ1n) is 7.82. The van der Waals surface area contributed by atoms with Crippen LogP contribution in [0.15, 0.2) is 23.2 Å². The third-order valence-corrected chi connectivity index (χ3v) is 4.29. The molecule has 0 aliphatic carbocycles. The highest BCUT2D eigenvalue weighted by atomic mass is 19.1. The summed E-state index contributed by atoms with van der Waals surface area (Å²) in [6, 6.07) is 4.77. The summed E-state index contributed by atoms with van der Waals surface area (Å²) >= 11 is 0. The summed E-state index contributed by atoms with van der Waals surface area (Å²) in [7, 11) is 0. The van der Waals surface area contributed by atoms with Gasteiger partial charge in [-0.15, -0.1) is 12.3 Å². The molecule has 126 valence electrons. The standard InChI is InChI=1S/C17H19FN4O2/c1-2-3-11-24-16(23)22-9-7-17(8-10-22)20-13-6-4-5-12(18)14(13)15(19)21-17/h1,4-6,20H,3,7-11H2,(H2,19,21). The molecule has 3 rings (SSSR count). The van der Waals surface area contributed by atoms with E-state index >= 15 is 0 Å². The van der Waals surface area contributed by atoms with Gasteiger partial charge in [0.05, 0.1) is 5.56 Å². The van der Waals surface area contributed by atoms with Crippen molar-refractivity contribution in [1.29, 1.82) is 0 Å². The fourth-order valence-electron chi connectivity index (χ4n) is 3.04. The largest absolute Gasteiger partial charge is 0.448 e. The average molecular weight is 330 g/mol. The second-order valence-electron chi connectivity index (χ2n) is 5.87. The number of likely N-dealkylation sites (tertiary alicyclic amines) is 1. The number of halogens is 1. The number of nitrogens with two attached hydrogens (primary N) is 1. The van der Waals surface area contributed by atoms with Crippen molar-refractivity contribution in [2.75, 3.05) is 25.0 Å². The minimum absolute atomic E-state index is 0.187. The Morgan fingerprint density at radius 3 is 2.96 bits per heavy atom. The van der Waals surface area contributed by atoms with Crippen LogP contribution in [0.5, 0.6) is 0 Å². The molecule has 7 heteroatoms. The first-order valence-corrected chi connectivity index (χ1v) is 7.82. The minimum atomic E-state index is -0.611. The van der Waals surface area contributed by atoms with Gasteiger partial charge >= 0.3 is 6.09 Å². The number of piperidine rings is 1. The molecule has 2 heterocycles. The molecule has 24 heavy (non-hydrogen) atoms. The van der Waals surface area contributed by atoms with Crippen LogP contribution in [0.1, 0.15) is 24.8 Å². The van der Waals surface area contributed by atoms with Crippen molar-refractivity contribution >= 4 is 17.6 Å². The number of amidine groups is 1. The van der Waals surface area contributed by atoms with Crippen molar-refractivity contribution in [3.63, 3.8) is 0 Å². The lowest BCUT2D eigenvalue weighted by Crippen LogP contribution is -2.52. The van der Waals surface area contributed by atoms with Gasteiger partial charge in [0.1, 0.15) is 23.9 Å². The lowest BCUT2D eigenvalue weighted by molar-refractivity contribution is 0.0882. The quantitative estimate of drug-likeness (QED) is 0.641. The predicted molar refractivity (Wildman–Crippen MR) is 89.1 cm³/mol. The van der Waals surface area contributed by atoms with Crippen molar-refractivity contribution in [3.05, 3.63) is 29.6 Å². The molecule has 2 aliphatic rings. The minimum Gasteiger partial charge on any atom is -0.448 e. The maximum atomic E-state index is 13.9. The van der Waals surface area contributed by atoms with Crippen LogP contribution >= 0.6 is 0 Å². The molecule has 0 bridgehead atoms. The first-order chi connectivity index (χ1) is 11.5. The Bertz CT molecular complexity index is 718. The van der Waals surface area contributed by atoms with E-state index in [1.807, 2.05) is 0 Å². The van der Waals surface area contributed by atoms with Crippen LogP contribution in [-0.2, 0) is 4.74 Å². The Morgan fingerprint density at radius 2 is 2.25 bits per heavy atom. The summed E-state index contributed by atoms with van der Waals surface area (Å²) in [6.45, 7) is 1.17. The second kappa shape index (κ2) is 6.40. The molecule has 1 saturated heterocycles. The molecule has 0 unspecified atom stereocenters. The van der Waals surface area contributed by atoms with E-state index in [1.54, 1.807) is 17.0 Å². The van der Waals surface area contributed by atoms with Crippen molar-refractivity contribution in [2.24, 2.45) is 10.7 Å². The number of carbonyl (C=O) groups is 1. The number of nitrogens with one attached hydrogen (secondary N) is 1. The van der Waals surface area contributed by atoms with Crippen LogP contribution < -0.4 is 11.1 Å². The molecule has 1 amide bonds. The van der Waals surface area contributed by atoms with E-state index < -0.39 is 11.5 Å². The van der Waals surface area contributed by atoms with E-state index in [2.05, 4.69) is 16.2 Å². The van der Waals surface area contributed by atoms with Crippen molar-refractivity contribution in [2.45, 2.75) is 24.9 Å². The molecule has 1 spiro atoms. The van der Waals surface area contributed by atoms with Gasteiger partial charge in [-0.3, -0.25) is 0 Å². The molecule has 2 aliphatic heterocycles. The van der Waals surface area contributed by atoms with Crippen LogP contribution in [0.4, 0.5) is 14.9 Å². The number of hydrogen-bond acceptors (Lipinski definition) is 5. The number of aliphatic imine (C=N–C) groups is 1. The van der Waals surface area contributed by atoms with E-state index in [-0.39, 0.29) is 18.5 Å². The van der Waals surface area contributed by atoms with E-state index in [0.717, 1.165) is 0 Å². The molecule has 1 fully saturated rings. The van der Waals surface area contributed by atoms with Crippen molar-refractivity contribution in [3.8, 4) is 12.3 Å². The predicted octanol–water partition coefficient (Wildman–Crippen LogP) is 1.91. The average Bonchev–Trinajstić information content (AvgIpc) is 2.55. The van der Waals surface area contributed by atoms with Gasteiger partial charge in [0.15, 0.2) is 0 Å². The van der Waals surface area contributed by atoms with E-state index in [9.17, 15) is 9.18 Å². The van der Waals surface area contributed by atoms with Gasteiger partial charge in [0.25, 0.3) is 0 Å². The molecule has 0 saturated carbocycles. The van der Waals surface area contributed by atoms with Gasteiger partial charge in [0, 0.05) is 38.0 Å². The van der Waals surface area contributed by atoms with Gasteiger partial charge in [-0.2, -0.15) is 0 Å². The lowest BCUT2D eigenvalue weighted by Gasteiger charge is -2.42. The Kier molecular flexibility index (Phi) is 4.30. The smallest absolute Gasteiger partial charge is 0.409 e. The number of terminal acetylenes is 1. The zero-order valence-corrected chi connectivity index (χ0v) is 13.2. The molecule has 0 radical (unpaired) electrons. The topological polar surface area (TPSA) is 80.0 Å². The number of fused-ring (bicyclic) bond motifs is 1. The van der Waals surface area contributed by atoms with Gasteiger partial charge in [-0.1, -0.05) is 6.07 Å². The monoisotopic (exact) mass is 330 g/mol. The van der Waals surface area contributed by atoms with Crippen molar-refractivity contribution < 1.29 is 13.9 Å². The lowest BCUT2D eigenvalue weighted by atomic mass is 9.94. The Labute approximate surface area is 139 Å². The zero-order valence-electron chi connectivity index (χ0n) is 13.2. The normalized spacial score (nSPS) is 18.2. The maximum Gasteiger partial charge on any atom is 0.409 e. The number of carbonyl (C=O) groups excluding carboxylic acids is 1. The molecular formula is C17H19FN4O2. The SMILES string of the molecule is C#CCCOC(=O)N1CCC2(CC1)N=C(N)c1c(F)cccc1N2. The van der Waals surface area contributed by atoms with Crippen LogP contribution in [0.2, 0.25) is 0 Å².